The fourth-order valence-electron chi connectivity index (χ4n) is 1.03. The Bertz CT molecular complexity index is 350. The predicted octanol–water partition coefficient (Wildman–Crippen LogP) is -1.85. The smallest absolute Gasteiger partial charge is 0.276 e. The van der Waals surface area contributed by atoms with Gasteiger partial charge in [-0.25, -0.2) is 0 Å². The van der Waals surface area contributed by atoms with Crippen LogP contribution in [0.15, 0.2) is 0 Å². The van der Waals surface area contributed by atoms with Gasteiger partial charge in [-0.2, -0.15) is 8.42 Å². The highest BCUT2D eigenvalue weighted by Crippen LogP contribution is 2.22. The van der Waals surface area contributed by atoms with E-state index >= 15 is 0 Å². The molecule has 0 fully saturated rings. The second kappa shape index (κ2) is 5.19. The molecule has 0 aromatic rings. The van der Waals surface area contributed by atoms with Crippen LogP contribution >= 0.6 is 0 Å². The fourth-order valence-corrected chi connectivity index (χ4v) is 1.70. The zero-order valence-electron chi connectivity index (χ0n) is 9.12. The van der Waals surface area contributed by atoms with E-state index in [0.29, 0.717) is 0 Å². The first-order valence-electron chi connectivity index (χ1n) is 4.57. The van der Waals surface area contributed by atoms with Crippen LogP contribution < -0.4 is 5.73 Å². The average Bonchev–Trinajstić information content (AvgIpc) is 2.15. The number of nitrogens with two attached hydrogens (primary N) is 1. The lowest BCUT2D eigenvalue weighted by Crippen LogP contribution is -2.49. The molecule has 8 heteroatoms. The number of aliphatic hydroxyl groups is 2. The first kappa shape index (κ1) is 15.5. The van der Waals surface area contributed by atoms with Gasteiger partial charge in [-0.1, -0.05) is 13.8 Å². The predicted molar refractivity (Wildman–Crippen MR) is 56.3 cm³/mol. The van der Waals surface area contributed by atoms with Crippen molar-refractivity contribution >= 4 is 15.9 Å². The third-order valence-electron chi connectivity index (χ3n) is 2.31. The normalized spacial score (nSPS) is 16.9. The van der Waals surface area contributed by atoms with Crippen LogP contribution in [0.5, 0.6) is 0 Å². The van der Waals surface area contributed by atoms with Gasteiger partial charge >= 0.3 is 0 Å². The van der Waals surface area contributed by atoms with Crippen molar-refractivity contribution in [3.05, 3.63) is 0 Å². The number of rotatable bonds is 6. The summed E-state index contributed by atoms with van der Waals surface area (Å²) in [6.07, 6.45) is -1.71. The third-order valence-corrected chi connectivity index (χ3v) is 3.45. The fraction of sp³-hybridized carbons (Fsp3) is 0.875. The van der Waals surface area contributed by atoms with E-state index in [4.69, 9.17) is 15.4 Å². The summed E-state index contributed by atoms with van der Waals surface area (Å²) in [5, 5.41) is 16.6. The summed E-state index contributed by atoms with van der Waals surface area (Å²) < 4.78 is 30.3. The van der Waals surface area contributed by atoms with Gasteiger partial charge in [-0.15, -0.1) is 0 Å². The molecule has 96 valence electrons. The molecule has 0 aliphatic carbocycles. The minimum atomic E-state index is -4.64. The summed E-state index contributed by atoms with van der Waals surface area (Å²) in [6, 6.07) is 0. The molecule has 0 rings (SSSR count). The summed E-state index contributed by atoms with van der Waals surface area (Å²) in [6.45, 7) is 1.62. The highest BCUT2D eigenvalue weighted by molar-refractivity contribution is 7.87. The second-order valence-corrected chi connectivity index (χ2v) is 5.79. The molecule has 0 aliphatic heterocycles. The molecule has 0 saturated carbocycles. The topological polar surface area (TPSA) is 138 Å². The standard InChI is InChI=1S/C8H17NO6S/c1-8(2,4-10)7(12)6(11)5(3-9)16(13,14)15/h5,7,10,12H,3-4,9H2,1-2H3,(H,13,14,15)/t5-,7+/m1/s1. The lowest BCUT2D eigenvalue weighted by Gasteiger charge is -2.28. The maximum absolute atomic E-state index is 11.5. The maximum Gasteiger partial charge on any atom is 0.276 e. The van der Waals surface area contributed by atoms with Gasteiger partial charge in [0.15, 0.2) is 11.0 Å². The van der Waals surface area contributed by atoms with Crippen LogP contribution in [0, 0.1) is 5.41 Å². The molecule has 0 spiro atoms. The molecule has 0 saturated heterocycles. The molecule has 2 atom stereocenters. The molecular weight excluding hydrogens is 238 g/mol. The summed E-state index contributed by atoms with van der Waals surface area (Å²) in [5.74, 6) is -1.12. The number of hydrogen-bond donors (Lipinski definition) is 4. The molecule has 0 aromatic heterocycles. The first-order valence-corrected chi connectivity index (χ1v) is 6.07. The molecule has 0 unspecified atom stereocenters. The molecule has 16 heavy (non-hydrogen) atoms. The van der Waals surface area contributed by atoms with Crippen molar-refractivity contribution in [1.29, 1.82) is 0 Å². The van der Waals surface area contributed by atoms with Crippen molar-refractivity contribution < 1.29 is 28.0 Å². The van der Waals surface area contributed by atoms with E-state index < -0.39 is 45.8 Å². The minimum Gasteiger partial charge on any atom is -0.396 e. The monoisotopic (exact) mass is 255 g/mol. The van der Waals surface area contributed by atoms with Crippen LogP contribution in [0.3, 0.4) is 0 Å². The van der Waals surface area contributed by atoms with Crippen LogP contribution in [-0.4, -0.2) is 53.5 Å². The quantitative estimate of drug-likeness (QED) is 0.409. The number of carbonyl (C=O) groups is 1. The van der Waals surface area contributed by atoms with E-state index in [1.807, 2.05) is 0 Å². The molecule has 0 amide bonds. The van der Waals surface area contributed by atoms with E-state index in [0.717, 1.165) is 0 Å². The summed E-state index contributed by atoms with van der Waals surface area (Å²) >= 11 is 0. The molecule has 0 bridgehead atoms. The molecule has 7 nitrogen and oxygen atoms in total. The second-order valence-electron chi connectivity index (χ2n) is 4.19. The average molecular weight is 255 g/mol. The van der Waals surface area contributed by atoms with Gasteiger partial charge in [0.1, 0.15) is 6.10 Å². The highest BCUT2D eigenvalue weighted by Gasteiger charge is 2.40. The van der Waals surface area contributed by atoms with Gasteiger partial charge in [-0.05, 0) is 0 Å². The van der Waals surface area contributed by atoms with E-state index in [2.05, 4.69) is 0 Å². The number of aliphatic hydroxyl groups excluding tert-OH is 2. The summed E-state index contributed by atoms with van der Waals surface area (Å²) in [7, 11) is -4.64. The Balaban J connectivity index is 5.06. The van der Waals surface area contributed by atoms with Crippen LogP contribution in [0.1, 0.15) is 13.8 Å². The SMILES string of the molecule is CC(C)(CO)[C@@H](O)C(=O)[C@@H](CN)S(=O)(=O)O. The largest absolute Gasteiger partial charge is 0.396 e. The van der Waals surface area contributed by atoms with Gasteiger partial charge in [0.05, 0.1) is 6.61 Å². The Labute approximate surface area is 94.0 Å². The molecule has 0 heterocycles. The van der Waals surface area contributed by atoms with Crippen molar-refractivity contribution in [3.63, 3.8) is 0 Å². The number of Topliss-reactive ketones (excluding diaryl/α,β-unsaturated/α-hetero) is 1. The lowest BCUT2D eigenvalue weighted by molar-refractivity contribution is -0.134. The van der Waals surface area contributed by atoms with Crippen molar-refractivity contribution in [2.45, 2.75) is 25.2 Å². The zero-order chi connectivity index (χ0) is 13.1. The lowest BCUT2D eigenvalue weighted by atomic mass is 9.84. The van der Waals surface area contributed by atoms with Crippen LogP contribution in [0.4, 0.5) is 0 Å². The highest BCUT2D eigenvalue weighted by atomic mass is 32.2. The van der Waals surface area contributed by atoms with Crippen LogP contribution in [0.2, 0.25) is 0 Å². The zero-order valence-corrected chi connectivity index (χ0v) is 9.94. The van der Waals surface area contributed by atoms with Gasteiger partial charge in [0, 0.05) is 12.0 Å². The number of carbonyl (C=O) groups excluding carboxylic acids is 1. The van der Waals surface area contributed by atoms with Gasteiger partial charge in [0.25, 0.3) is 10.1 Å². The molecule has 5 N–H and O–H groups in total. The summed E-state index contributed by atoms with van der Waals surface area (Å²) in [4.78, 5) is 11.5. The molecular formula is C8H17NO6S. The number of ketones is 1. The Morgan fingerprint density at radius 3 is 2.12 bits per heavy atom. The minimum absolute atomic E-state index is 0.511. The van der Waals surface area contributed by atoms with E-state index in [9.17, 15) is 18.3 Å². The van der Waals surface area contributed by atoms with Crippen LogP contribution in [0.25, 0.3) is 0 Å². The Morgan fingerprint density at radius 1 is 1.44 bits per heavy atom. The van der Waals surface area contributed by atoms with Crippen molar-refractivity contribution in [2.75, 3.05) is 13.2 Å². The van der Waals surface area contributed by atoms with Gasteiger partial charge < -0.3 is 15.9 Å². The van der Waals surface area contributed by atoms with Crippen LogP contribution in [-0.2, 0) is 14.9 Å². The van der Waals surface area contributed by atoms with Crippen molar-refractivity contribution in [2.24, 2.45) is 11.1 Å². The molecule has 0 aromatic carbocycles. The van der Waals surface area contributed by atoms with E-state index in [1.165, 1.54) is 13.8 Å². The van der Waals surface area contributed by atoms with Gasteiger partial charge in [0.2, 0.25) is 0 Å². The van der Waals surface area contributed by atoms with E-state index in [1.54, 1.807) is 0 Å². The Hall–Kier alpha value is -0.540. The first-order chi connectivity index (χ1) is 7.07. The van der Waals surface area contributed by atoms with Crippen molar-refractivity contribution in [3.8, 4) is 0 Å². The Morgan fingerprint density at radius 2 is 1.88 bits per heavy atom. The molecule has 0 aliphatic rings. The maximum atomic E-state index is 11.5. The molecule has 0 radical (unpaired) electrons. The van der Waals surface area contributed by atoms with E-state index in [-0.39, 0.29) is 0 Å². The van der Waals surface area contributed by atoms with Crippen molar-refractivity contribution in [1.82, 2.24) is 0 Å². The summed E-state index contributed by atoms with van der Waals surface area (Å²) in [5.41, 5.74) is 3.85. The van der Waals surface area contributed by atoms with Gasteiger partial charge in [-0.3, -0.25) is 9.35 Å². The number of hydrogen-bond acceptors (Lipinski definition) is 6. The Kier molecular flexibility index (Phi) is 5.02. The third kappa shape index (κ3) is 3.49.